The Hall–Kier alpha value is -2.84. The highest BCUT2D eigenvalue weighted by atomic mass is 19.1. The van der Waals surface area contributed by atoms with Crippen LogP contribution in [0.5, 0.6) is 11.5 Å². The predicted molar refractivity (Wildman–Crippen MR) is 85.0 cm³/mol. The minimum absolute atomic E-state index is 0.106. The predicted octanol–water partition coefficient (Wildman–Crippen LogP) is 1.93. The van der Waals surface area contributed by atoms with E-state index in [-0.39, 0.29) is 17.2 Å². The number of methoxy groups -OCH3 is 1. The molecule has 0 radical (unpaired) electrons. The Balaban J connectivity index is 2.25. The van der Waals surface area contributed by atoms with Crippen LogP contribution in [0.1, 0.15) is 19.8 Å². The zero-order valence-corrected chi connectivity index (χ0v) is 14.0. The van der Waals surface area contributed by atoms with Gasteiger partial charge in [-0.15, -0.1) is 0 Å². The van der Waals surface area contributed by atoms with E-state index >= 15 is 0 Å². The number of benzene rings is 1. The lowest BCUT2D eigenvalue weighted by Crippen LogP contribution is -2.30. The number of carbonyl (C=O) groups excluding carboxylic acids is 3. The summed E-state index contributed by atoms with van der Waals surface area (Å²) in [6.07, 6.45) is 1.14. The summed E-state index contributed by atoms with van der Waals surface area (Å²) in [6, 6.07) is 2.07. The van der Waals surface area contributed by atoms with Gasteiger partial charge in [0.25, 0.3) is 0 Å². The van der Waals surface area contributed by atoms with Gasteiger partial charge >= 0.3 is 12.1 Å². The average Bonchev–Trinajstić information content (AvgIpc) is 3.10. The fraction of sp³-hybridized carbons (Fsp3) is 0.438. The largest absolute Gasteiger partial charge is 0.478 e. The van der Waals surface area contributed by atoms with Crippen molar-refractivity contribution in [3.8, 4) is 11.5 Å². The molecule has 25 heavy (non-hydrogen) atoms. The van der Waals surface area contributed by atoms with Gasteiger partial charge in [0.1, 0.15) is 0 Å². The van der Waals surface area contributed by atoms with Crippen LogP contribution in [0.4, 0.5) is 14.9 Å². The van der Waals surface area contributed by atoms with Crippen LogP contribution in [0, 0.1) is 5.82 Å². The monoisotopic (exact) mass is 354 g/mol. The normalized spacial score (nSPS) is 13.3. The maximum atomic E-state index is 14.1. The van der Waals surface area contributed by atoms with E-state index in [1.54, 1.807) is 0 Å². The summed E-state index contributed by atoms with van der Waals surface area (Å²) in [5.74, 6) is -2.21. The number of esters is 1. The lowest BCUT2D eigenvalue weighted by molar-refractivity contribution is -0.142. The van der Waals surface area contributed by atoms with Crippen molar-refractivity contribution in [2.24, 2.45) is 0 Å². The van der Waals surface area contributed by atoms with Gasteiger partial charge in [-0.3, -0.25) is 4.79 Å². The first-order chi connectivity index (χ1) is 11.9. The molecule has 0 aliphatic carbocycles. The molecule has 0 saturated carbocycles. The summed E-state index contributed by atoms with van der Waals surface area (Å²) in [5.41, 5.74) is -0.165. The fourth-order valence-corrected chi connectivity index (χ4v) is 2.27. The molecular weight excluding hydrogens is 335 g/mol. The number of anilines is 1. The van der Waals surface area contributed by atoms with Gasteiger partial charge in [0.15, 0.2) is 23.9 Å². The Morgan fingerprint density at radius 2 is 1.88 bits per heavy atom. The van der Waals surface area contributed by atoms with Crippen molar-refractivity contribution in [2.45, 2.75) is 19.8 Å². The highest BCUT2D eigenvalue weighted by Gasteiger charge is 2.23. The molecule has 0 spiro atoms. The lowest BCUT2D eigenvalue weighted by Gasteiger charge is -2.18. The molecule has 2 rings (SSSR count). The first-order valence-electron chi connectivity index (χ1n) is 7.68. The molecule has 1 aromatic rings. The number of halogens is 1. The summed E-state index contributed by atoms with van der Waals surface area (Å²) in [4.78, 5) is 36.0. The number of amides is 2. The third-order valence-corrected chi connectivity index (χ3v) is 3.48. The van der Waals surface area contributed by atoms with Crippen molar-refractivity contribution < 1.29 is 33.0 Å². The highest BCUT2D eigenvalue weighted by molar-refractivity contribution is 5.89. The standard InChI is InChI=1S/C16H19FN2O6/c1-10(20)18-12-8-14(25-16(22)19-5-3-4-6-19)13(7-11(12)17)24-9-15(21)23-2/h7-8H,3-6,9H2,1-2H3,(H,18,20). The summed E-state index contributed by atoms with van der Waals surface area (Å²) < 4.78 is 29.0. The molecule has 136 valence electrons. The van der Waals surface area contributed by atoms with Crippen LogP contribution in [0.3, 0.4) is 0 Å². The Labute approximate surface area is 143 Å². The second kappa shape index (κ2) is 8.32. The van der Waals surface area contributed by atoms with Crippen molar-refractivity contribution in [1.29, 1.82) is 0 Å². The van der Waals surface area contributed by atoms with Gasteiger partial charge in [-0.05, 0) is 12.8 Å². The Morgan fingerprint density at radius 3 is 2.48 bits per heavy atom. The van der Waals surface area contributed by atoms with E-state index in [1.165, 1.54) is 18.9 Å². The fourth-order valence-electron chi connectivity index (χ4n) is 2.27. The molecule has 1 N–H and O–H groups in total. The number of likely N-dealkylation sites (tertiary alicyclic amines) is 1. The molecule has 0 aromatic heterocycles. The SMILES string of the molecule is COC(=O)COc1cc(F)c(NC(C)=O)cc1OC(=O)N1CCCC1. The maximum Gasteiger partial charge on any atom is 0.415 e. The zero-order valence-electron chi connectivity index (χ0n) is 14.0. The Bertz CT molecular complexity index is 673. The van der Waals surface area contributed by atoms with Crippen LogP contribution in [0.25, 0.3) is 0 Å². The molecule has 0 atom stereocenters. The van der Waals surface area contributed by atoms with E-state index in [0.29, 0.717) is 13.1 Å². The van der Waals surface area contributed by atoms with Gasteiger partial charge in [0, 0.05) is 32.1 Å². The summed E-state index contributed by atoms with van der Waals surface area (Å²) in [7, 11) is 1.18. The van der Waals surface area contributed by atoms with Crippen LogP contribution < -0.4 is 14.8 Å². The van der Waals surface area contributed by atoms with Crippen molar-refractivity contribution in [1.82, 2.24) is 4.90 Å². The number of rotatable bonds is 5. The first kappa shape index (κ1) is 18.5. The van der Waals surface area contributed by atoms with Crippen LogP contribution in [0.2, 0.25) is 0 Å². The van der Waals surface area contributed by atoms with Crippen molar-refractivity contribution >= 4 is 23.7 Å². The minimum atomic E-state index is -0.795. The molecule has 1 aliphatic heterocycles. The minimum Gasteiger partial charge on any atom is -0.478 e. The van der Waals surface area contributed by atoms with Crippen LogP contribution in [0.15, 0.2) is 12.1 Å². The number of hydrogen-bond acceptors (Lipinski definition) is 6. The molecule has 2 amide bonds. The van der Waals surface area contributed by atoms with Crippen molar-refractivity contribution in [3.63, 3.8) is 0 Å². The second-order valence-corrected chi connectivity index (χ2v) is 5.39. The summed E-state index contributed by atoms with van der Waals surface area (Å²) in [5, 5.41) is 2.29. The van der Waals surface area contributed by atoms with E-state index < -0.39 is 30.4 Å². The van der Waals surface area contributed by atoms with Gasteiger partial charge in [-0.25, -0.2) is 14.0 Å². The molecule has 0 bridgehead atoms. The quantitative estimate of drug-likeness (QED) is 0.812. The average molecular weight is 354 g/mol. The molecule has 1 aliphatic rings. The molecule has 1 fully saturated rings. The number of nitrogens with one attached hydrogen (secondary N) is 1. The van der Waals surface area contributed by atoms with Gasteiger partial charge in [0.05, 0.1) is 12.8 Å². The van der Waals surface area contributed by atoms with E-state index in [9.17, 15) is 18.8 Å². The Kier molecular flexibility index (Phi) is 6.15. The number of nitrogens with zero attached hydrogens (tertiary/aromatic N) is 1. The van der Waals surface area contributed by atoms with Crippen LogP contribution in [-0.2, 0) is 14.3 Å². The summed E-state index contributed by atoms with van der Waals surface area (Å²) >= 11 is 0. The molecule has 1 heterocycles. The summed E-state index contributed by atoms with van der Waals surface area (Å²) in [6.45, 7) is 1.87. The van der Waals surface area contributed by atoms with Crippen LogP contribution >= 0.6 is 0 Å². The smallest absolute Gasteiger partial charge is 0.415 e. The number of carbonyl (C=O) groups is 3. The van der Waals surface area contributed by atoms with Crippen molar-refractivity contribution in [3.05, 3.63) is 17.9 Å². The van der Waals surface area contributed by atoms with Gasteiger partial charge in [-0.2, -0.15) is 0 Å². The molecular formula is C16H19FN2O6. The van der Waals surface area contributed by atoms with Gasteiger partial charge in [-0.1, -0.05) is 0 Å². The third kappa shape index (κ3) is 5.07. The highest BCUT2D eigenvalue weighted by Crippen LogP contribution is 2.33. The molecule has 9 heteroatoms. The first-order valence-corrected chi connectivity index (χ1v) is 7.68. The van der Waals surface area contributed by atoms with Crippen LogP contribution in [-0.4, -0.2) is 49.7 Å². The van der Waals surface area contributed by atoms with E-state index in [2.05, 4.69) is 10.1 Å². The molecule has 8 nitrogen and oxygen atoms in total. The lowest BCUT2D eigenvalue weighted by atomic mass is 10.2. The number of ether oxygens (including phenoxy) is 3. The van der Waals surface area contributed by atoms with Gasteiger partial charge in [0.2, 0.25) is 5.91 Å². The zero-order chi connectivity index (χ0) is 18.4. The Morgan fingerprint density at radius 1 is 1.20 bits per heavy atom. The topological polar surface area (TPSA) is 94.2 Å². The third-order valence-electron chi connectivity index (χ3n) is 3.48. The van der Waals surface area contributed by atoms with Crippen molar-refractivity contribution in [2.75, 3.05) is 32.1 Å². The molecule has 1 saturated heterocycles. The van der Waals surface area contributed by atoms with Gasteiger partial charge < -0.3 is 24.4 Å². The van der Waals surface area contributed by atoms with E-state index in [4.69, 9.17) is 9.47 Å². The van der Waals surface area contributed by atoms with E-state index in [0.717, 1.165) is 25.0 Å². The molecule has 1 aromatic carbocycles. The molecule has 0 unspecified atom stereocenters. The van der Waals surface area contributed by atoms with E-state index in [1.807, 2.05) is 0 Å². The second-order valence-electron chi connectivity index (χ2n) is 5.39. The maximum absolute atomic E-state index is 14.1. The number of hydrogen-bond donors (Lipinski definition) is 1.